The molecule has 30 heavy (non-hydrogen) atoms. The van der Waals surface area contributed by atoms with Gasteiger partial charge in [0.05, 0.1) is 6.04 Å². The number of nitrogens with one attached hydrogen (secondary N) is 2. The van der Waals surface area contributed by atoms with E-state index in [1.54, 1.807) is 0 Å². The van der Waals surface area contributed by atoms with Crippen molar-refractivity contribution in [3.05, 3.63) is 0 Å². The van der Waals surface area contributed by atoms with E-state index in [1.165, 1.54) is 11.8 Å². The molecule has 0 aromatic rings. The highest BCUT2D eigenvalue weighted by molar-refractivity contribution is 5.94. The highest BCUT2D eigenvalue weighted by atomic mass is 16.4. The van der Waals surface area contributed by atoms with Crippen LogP contribution in [0.2, 0.25) is 0 Å². The predicted molar refractivity (Wildman–Crippen MR) is 108 cm³/mol. The Labute approximate surface area is 175 Å². The fraction of sp³-hybridized carbons (Fsp3) is 0.737. The van der Waals surface area contributed by atoms with Gasteiger partial charge in [-0.1, -0.05) is 13.8 Å². The highest BCUT2D eigenvalue weighted by Gasteiger charge is 2.38. The van der Waals surface area contributed by atoms with Crippen LogP contribution in [-0.4, -0.2) is 70.3 Å². The molecule has 0 aliphatic carbocycles. The number of aliphatic carboxylic acids is 1. The van der Waals surface area contributed by atoms with E-state index in [9.17, 15) is 29.1 Å². The summed E-state index contributed by atoms with van der Waals surface area (Å²) in [7, 11) is 0. The van der Waals surface area contributed by atoms with Crippen LogP contribution in [0, 0.1) is 5.92 Å². The first-order valence-corrected chi connectivity index (χ1v) is 10.1. The highest BCUT2D eigenvalue weighted by Crippen LogP contribution is 2.19. The summed E-state index contributed by atoms with van der Waals surface area (Å²) in [5, 5.41) is 14.2. The van der Waals surface area contributed by atoms with E-state index >= 15 is 0 Å². The monoisotopic (exact) mass is 427 g/mol. The Kier molecular flexibility index (Phi) is 9.70. The fourth-order valence-corrected chi connectivity index (χ4v) is 3.36. The van der Waals surface area contributed by atoms with Gasteiger partial charge in [0.2, 0.25) is 23.6 Å². The Bertz CT molecular complexity index is 668. The number of amides is 4. The molecule has 0 aromatic heterocycles. The van der Waals surface area contributed by atoms with Gasteiger partial charge in [0, 0.05) is 13.0 Å². The molecule has 0 saturated carbocycles. The lowest BCUT2D eigenvalue weighted by atomic mass is 10.0. The van der Waals surface area contributed by atoms with Crippen molar-refractivity contribution in [1.29, 1.82) is 0 Å². The number of rotatable bonds is 11. The van der Waals surface area contributed by atoms with Crippen LogP contribution in [0.1, 0.15) is 52.9 Å². The topological polar surface area (TPSA) is 185 Å². The van der Waals surface area contributed by atoms with E-state index in [1.807, 2.05) is 13.8 Å². The van der Waals surface area contributed by atoms with E-state index in [0.717, 1.165) is 0 Å². The van der Waals surface area contributed by atoms with Crippen molar-refractivity contribution in [3.63, 3.8) is 0 Å². The van der Waals surface area contributed by atoms with Crippen LogP contribution in [0.3, 0.4) is 0 Å². The molecule has 0 radical (unpaired) electrons. The van der Waals surface area contributed by atoms with E-state index in [2.05, 4.69) is 10.6 Å². The zero-order valence-electron chi connectivity index (χ0n) is 17.7. The standard InChI is InChI=1S/C19H33N5O6/c1-10(2)9-12(20)16(26)22-11(3)18(28)24-8-4-5-14(24)17(27)23-13(19(29)30)6-7-15(21)25/h10-14H,4-9,20H2,1-3H3,(H2,21,25)(H,22,26)(H,23,27)(H,29,30). The first kappa shape index (κ1) is 25.3. The molecule has 4 atom stereocenters. The van der Waals surface area contributed by atoms with Gasteiger partial charge in [-0.2, -0.15) is 0 Å². The molecule has 11 nitrogen and oxygen atoms in total. The Hall–Kier alpha value is -2.69. The largest absolute Gasteiger partial charge is 0.480 e. The summed E-state index contributed by atoms with van der Waals surface area (Å²) in [5.41, 5.74) is 10.9. The van der Waals surface area contributed by atoms with Gasteiger partial charge in [0.1, 0.15) is 18.1 Å². The predicted octanol–water partition coefficient (Wildman–Crippen LogP) is -1.31. The first-order valence-electron chi connectivity index (χ1n) is 10.1. The summed E-state index contributed by atoms with van der Waals surface area (Å²) in [5.74, 6) is -3.24. The molecule has 1 aliphatic heterocycles. The summed E-state index contributed by atoms with van der Waals surface area (Å²) in [6, 6.07) is -3.75. The molecule has 1 heterocycles. The number of carboxylic acid groups (broad SMARTS) is 1. The number of hydrogen-bond donors (Lipinski definition) is 5. The van der Waals surface area contributed by atoms with Crippen LogP contribution in [0.5, 0.6) is 0 Å². The molecule has 4 amide bonds. The average molecular weight is 428 g/mol. The van der Waals surface area contributed by atoms with E-state index in [0.29, 0.717) is 25.8 Å². The molecule has 1 rings (SSSR count). The van der Waals surface area contributed by atoms with Gasteiger partial charge in [0.15, 0.2) is 0 Å². The van der Waals surface area contributed by atoms with Gasteiger partial charge in [-0.25, -0.2) is 4.79 Å². The van der Waals surface area contributed by atoms with Crippen LogP contribution < -0.4 is 22.1 Å². The minimum absolute atomic E-state index is 0.142. The molecule has 170 valence electrons. The second-order valence-corrected chi connectivity index (χ2v) is 8.06. The van der Waals surface area contributed by atoms with Gasteiger partial charge in [-0.15, -0.1) is 0 Å². The third-order valence-electron chi connectivity index (χ3n) is 4.92. The second kappa shape index (κ2) is 11.5. The SMILES string of the molecule is CC(C)CC(N)C(=O)NC(C)C(=O)N1CCCC1C(=O)NC(CCC(N)=O)C(=O)O. The average Bonchev–Trinajstić information content (AvgIpc) is 3.12. The van der Waals surface area contributed by atoms with E-state index in [-0.39, 0.29) is 18.8 Å². The molecule has 4 unspecified atom stereocenters. The van der Waals surface area contributed by atoms with Crippen LogP contribution in [-0.2, 0) is 24.0 Å². The number of hydrogen-bond acceptors (Lipinski definition) is 6. The molecule has 11 heteroatoms. The van der Waals surface area contributed by atoms with Crippen molar-refractivity contribution >= 4 is 29.6 Å². The number of carboxylic acids is 1. The van der Waals surface area contributed by atoms with Crippen molar-refractivity contribution in [2.24, 2.45) is 17.4 Å². The van der Waals surface area contributed by atoms with Crippen molar-refractivity contribution in [2.45, 2.75) is 77.0 Å². The summed E-state index contributed by atoms with van der Waals surface area (Å²) >= 11 is 0. The molecule has 1 aliphatic rings. The van der Waals surface area contributed by atoms with Gasteiger partial charge in [0.25, 0.3) is 0 Å². The van der Waals surface area contributed by atoms with Gasteiger partial charge in [-0.3, -0.25) is 19.2 Å². The molecule has 0 aromatic carbocycles. The number of likely N-dealkylation sites (tertiary alicyclic amines) is 1. The van der Waals surface area contributed by atoms with E-state index in [4.69, 9.17) is 11.5 Å². The van der Waals surface area contributed by atoms with Crippen molar-refractivity contribution < 1.29 is 29.1 Å². The van der Waals surface area contributed by atoms with Crippen molar-refractivity contribution in [3.8, 4) is 0 Å². The molecular weight excluding hydrogens is 394 g/mol. The van der Waals surface area contributed by atoms with Gasteiger partial charge < -0.3 is 32.1 Å². The third-order valence-corrected chi connectivity index (χ3v) is 4.92. The zero-order chi connectivity index (χ0) is 23.0. The summed E-state index contributed by atoms with van der Waals surface area (Å²) in [6.07, 6.45) is 1.08. The van der Waals surface area contributed by atoms with Crippen molar-refractivity contribution in [1.82, 2.24) is 15.5 Å². The maximum absolute atomic E-state index is 12.8. The molecule has 1 fully saturated rings. The van der Waals surface area contributed by atoms with Gasteiger partial charge in [-0.05, 0) is 38.5 Å². The molecule has 7 N–H and O–H groups in total. The molecule has 0 spiro atoms. The molecule has 0 bridgehead atoms. The first-order chi connectivity index (χ1) is 13.9. The fourth-order valence-electron chi connectivity index (χ4n) is 3.36. The number of primary amides is 1. The maximum Gasteiger partial charge on any atom is 0.326 e. The zero-order valence-corrected chi connectivity index (χ0v) is 17.7. The third kappa shape index (κ3) is 7.62. The van der Waals surface area contributed by atoms with Crippen LogP contribution in [0.25, 0.3) is 0 Å². The lowest BCUT2D eigenvalue weighted by Crippen LogP contribution is -2.56. The minimum Gasteiger partial charge on any atom is -0.480 e. The lowest BCUT2D eigenvalue weighted by Gasteiger charge is -2.28. The Balaban J connectivity index is 2.73. The maximum atomic E-state index is 12.8. The second-order valence-electron chi connectivity index (χ2n) is 8.06. The van der Waals surface area contributed by atoms with Crippen LogP contribution in [0.4, 0.5) is 0 Å². The Morgan fingerprint density at radius 1 is 1.13 bits per heavy atom. The summed E-state index contributed by atoms with van der Waals surface area (Å²) < 4.78 is 0. The van der Waals surface area contributed by atoms with Crippen LogP contribution >= 0.6 is 0 Å². The minimum atomic E-state index is -1.29. The lowest BCUT2D eigenvalue weighted by molar-refractivity contribution is -0.145. The normalized spacial score (nSPS) is 19.1. The molecular formula is C19H33N5O6. The smallest absolute Gasteiger partial charge is 0.326 e. The number of carbonyl (C=O) groups excluding carboxylic acids is 4. The van der Waals surface area contributed by atoms with Crippen LogP contribution in [0.15, 0.2) is 0 Å². The molecule has 1 saturated heterocycles. The Morgan fingerprint density at radius 3 is 2.30 bits per heavy atom. The number of carbonyl (C=O) groups is 5. The van der Waals surface area contributed by atoms with Gasteiger partial charge >= 0.3 is 5.97 Å². The van der Waals surface area contributed by atoms with E-state index < -0.39 is 53.8 Å². The summed E-state index contributed by atoms with van der Waals surface area (Å²) in [4.78, 5) is 61.1. The number of nitrogens with zero attached hydrogens (tertiary/aromatic N) is 1. The number of nitrogens with two attached hydrogens (primary N) is 2. The summed E-state index contributed by atoms with van der Waals surface area (Å²) in [6.45, 7) is 5.70. The van der Waals surface area contributed by atoms with Crippen molar-refractivity contribution in [2.75, 3.05) is 6.54 Å². The Morgan fingerprint density at radius 2 is 1.77 bits per heavy atom. The quantitative estimate of drug-likeness (QED) is 0.271.